The van der Waals surface area contributed by atoms with Gasteiger partial charge in [-0.2, -0.15) is 0 Å². The molecule has 5 nitrogen and oxygen atoms in total. The van der Waals surface area contributed by atoms with Crippen LogP contribution >= 0.6 is 0 Å². The van der Waals surface area contributed by atoms with E-state index >= 15 is 0 Å². The van der Waals surface area contributed by atoms with E-state index in [9.17, 15) is 0 Å². The molecule has 2 N–H and O–H groups in total. The van der Waals surface area contributed by atoms with Crippen LogP contribution in [0.3, 0.4) is 0 Å². The lowest BCUT2D eigenvalue weighted by molar-refractivity contribution is -0.0154. The van der Waals surface area contributed by atoms with Crippen molar-refractivity contribution in [1.29, 1.82) is 0 Å². The molecule has 2 aromatic rings. The molecule has 1 atom stereocenters. The Hall–Kier alpha value is -2.08. The molecule has 2 aromatic carbocycles. The number of rotatable bonds is 13. The first-order valence-corrected chi connectivity index (χ1v) is 9.10. The molecule has 26 heavy (non-hydrogen) atoms. The first kappa shape index (κ1) is 20.2. The van der Waals surface area contributed by atoms with Crippen LogP contribution in [0.4, 0.5) is 5.69 Å². The number of nitrogen functional groups attached to an aromatic ring is 1. The van der Waals surface area contributed by atoms with Crippen LogP contribution in [0.1, 0.15) is 25.0 Å². The Morgan fingerprint density at radius 2 is 1.38 bits per heavy atom. The summed E-state index contributed by atoms with van der Waals surface area (Å²) in [6.45, 7) is 5.38. The van der Waals surface area contributed by atoms with Crippen molar-refractivity contribution in [3.8, 4) is 5.75 Å². The summed E-state index contributed by atoms with van der Waals surface area (Å²) in [5.74, 6) is 0.792. The molecular formula is C21H29NO4. The molecule has 2 rings (SSSR count). The lowest BCUT2D eigenvalue weighted by Crippen LogP contribution is -2.14. The molecule has 0 amide bonds. The van der Waals surface area contributed by atoms with Gasteiger partial charge in [-0.25, -0.2) is 0 Å². The normalized spacial score (nSPS) is 12.0. The molecule has 0 aliphatic heterocycles. The smallest absolute Gasteiger partial charge is 0.119 e. The van der Waals surface area contributed by atoms with E-state index < -0.39 is 0 Å². The SMILES string of the molecule is CCC(OCCOCCOCCOc1ccc(N)cc1)c1ccccc1. The maximum absolute atomic E-state index is 5.89. The second kappa shape index (κ2) is 12.3. The fourth-order valence-electron chi connectivity index (χ4n) is 2.47. The van der Waals surface area contributed by atoms with E-state index in [2.05, 4.69) is 19.1 Å². The van der Waals surface area contributed by atoms with Crippen LogP contribution in [0.5, 0.6) is 5.75 Å². The van der Waals surface area contributed by atoms with Gasteiger partial charge in [-0.1, -0.05) is 37.3 Å². The van der Waals surface area contributed by atoms with Crippen molar-refractivity contribution >= 4 is 5.69 Å². The van der Waals surface area contributed by atoms with E-state index in [0.717, 1.165) is 17.9 Å². The maximum Gasteiger partial charge on any atom is 0.119 e. The van der Waals surface area contributed by atoms with E-state index in [-0.39, 0.29) is 6.10 Å². The fourth-order valence-corrected chi connectivity index (χ4v) is 2.47. The average molecular weight is 359 g/mol. The molecule has 0 saturated heterocycles. The minimum Gasteiger partial charge on any atom is -0.491 e. The van der Waals surface area contributed by atoms with Gasteiger partial charge in [-0.15, -0.1) is 0 Å². The quantitative estimate of drug-likeness (QED) is 0.435. The predicted octanol–water partition coefficient (Wildman–Crippen LogP) is 3.85. The van der Waals surface area contributed by atoms with Gasteiger partial charge in [-0.05, 0) is 36.2 Å². The van der Waals surface area contributed by atoms with Crippen molar-refractivity contribution in [3.05, 3.63) is 60.2 Å². The van der Waals surface area contributed by atoms with Crippen LogP contribution in [-0.4, -0.2) is 39.6 Å². The Morgan fingerprint density at radius 3 is 2.04 bits per heavy atom. The summed E-state index contributed by atoms with van der Waals surface area (Å²) < 4.78 is 22.5. The molecule has 5 heteroatoms. The molecule has 0 saturated carbocycles. The van der Waals surface area contributed by atoms with Crippen molar-refractivity contribution in [3.63, 3.8) is 0 Å². The topological polar surface area (TPSA) is 62.9 Å². The Labute approximate surface area is 156 Å². The lowest BCUT2D eigenvalue weighted by Gasteiger charge is -2.16. The zero-order valence-corrected chi connectivity index (χ0v) is 15.4. The van der Waals surface area contributed by atoms with E-state index in [1.807, 2.05) is 42.5 Å². The number of nitrogens with two attached hydrogens (primary N) is 1. The number of hydrogen-bond donors (Lipinski definition) is 1. The van der Waals surface area contributed by atoms with Gasteiger partial charge in [0.1, 0.15) is 12.4 Å². The Bertz CT molecular complexity index is 589. The third-order valence-corrected chi connectivity index (χ3v) is 3.84. The lowest BCUT2D eigenvalue weighted by atomic mass is 10.1. The molecule has 0 bridgehead atoms. The molecule has 1 unspecified atom stereocenters. The largest absolute Gasteiger partial charge is 0.491 e. The minimum absolute atomic E-state index is 0.126. The van der Waals surface area contributed by atoms with Gasteiger partial charge in [-0.3, -0.25) is 0 Å². The summed E-state index contributed by atoms with van der Waals surface area (Å²) in [7, 11) is 0. The molecule has 0 spiro atoms. The van der Waals surface area contributed by atoms with Crippen LogP contribution in [0, 0.1) is 0 Å². The van der Waals surface area contributed by atoms with Gasteiger partial charge < -0.3 is 24.7 Å². The maximum atomic E-state index is 5.89. The third-order valence-electron chi connectivity index (χ3n) is 3.84. The molecule has 0 aliphatic carbocycles. The number of ether oxygens (including phenoxy) is 4. The highest BCUT2D eigenvalue weighted by Crippen LogP contribution is 2.20. The number of benzene rings is 2. The minimum atomic E-state index is 0.126. The van der Waals surface area contributed by atoms with Gasteiger partial charge in [0, 0.05) is 5.69 Å². The molecule has 0 heterocycles. The second-order valence-corrected chi connectivity index (χ2v) is 5.82. The standard InChI is InChI=1S/C21H29NO4/c1-2-21(18-6-4-3-5-7-18)26-17-15-24-13-12-23-14-16-25-20-10-8-19(22)9-11-20/h3-11,21H,2,12-17,22H2,1H3. The van der Waals surface area contributed by atoms with Crippen LogP contribution in [0.25, 0.3) is 0 Å². The number of anilines is 1. The van der Waals surface area contributed by atoms with E-state index in [1.54, 1.807) is 0 Å². The zero-order chi connectivity index (χ0) is 18.5. The summed E-state index contributed by atoms with van der Waals surface area (Å²) in [6, 6.07) is 17.6. The molecular weight excluding hydrogens is 330 g/mol. The summed E-state index contributed by atoms with van der Waals surface area (Å²) in [5.41, 5.74) is 7.56. The molecule has 0 aliphatic rings. The van der Waals surface area contributed by atoms with Gasteiger partial charge in [0.15, 0.2) is 0 Å². The first-order chi connectivity index (χ1) is 12.8. The highest BCUT2D eigenvalue weighted by molar-refractivity contribution is 5.41. The Kier molecular flexibility index (Phi) is 9.57. The summed E-state index contributed by atoms with van der Waals surface area (Å²) in [6.07, 6.45) is 1.07. The van der Waals surface area contributed by atoms with Crippen LogP contribution < -0.4 is 10.5 Å². The van der Waals surface area contributed by atoms with Gasteiger partial charge in [0.25, 0.3) is 0 Å². The summed E-state index contributed by atoms with van der Waals surface area (Å²) in [5, 5.41) is 0. The Balaban J connectivity index is 1.44. The monoisotopic (exact) mass is 359 g/mol. The predicted molar refractivity (Wildman–Crippen MR) is 103 cm³/mol. The highest BCUT2D eigenvalue weighted by atomic mass is 16.6. The van der Waals surface area contributed by atoms with Crippen molar-refractivity contribution in [2.45, 2.75) is 19.4 Å². The zero-order valence-electron chi connectivity index (χ0n) is 15.4. The van der Waals surface area contributed by atoms with Crippen LogP contribution in [-0.2, 0) is 14.2 Å². The van der Waals surface area contributed by atoms with E-state index in [1.165, 1.54) is 5.56 Å². The third kappa shape index (κ3) is 7.87. The molecule has 142 valence electrons. The summed E-state index contributed by atoms with van der Waals surface area (Å²) in [4.78, 5) is 0. The van der Waals surface area contributed by atoms with Crippen LogP contribution in [0.15, 0.2) is 54.6 Å². The van der Waals surface area contributed by atoms with Crippen LogP contribution in [0.2, 0.25) is 0 Å². The average Bonchev–Trinajstić information content (AvgIpc) is 2.68. The van der Waals surface area contributed by atoms with E-state index in [0.29, 0.717) is 39.6 Å². The highest BCUT2D eigenvalue weighted by Gasteiger charge is 2.08. The molecule has 0 fully saturated rings. The fraction of sp³-hybridized carbons (Fsp3) is 0.429. The van der Waals surface area contributed by atoms with Crippen molar-refractivity contribution in [1.82, 2.24) is 0 Å². The van der Waals surface area contributed by atoms with Gasteiger partial charge in [0.05, 0.1) is 39.1 Å². The number of hydrogen-bond acceptors (Lipinski definition) is 5. The molecule has 0 radical (unpaired) electrons. The van der Waals surface area contributed by atoms with Crippen molar-refractivity contribution < 1.29 is 18.9 Å². The Morgan fingerprint density at radius 1 is 0.769 bits per heavy atom. The molecule has 0 aromatic heterocycles. The summed E-state index contributed by atoms with van der Waals surface area (Å²) >= 11 is 0. The van der Waals surface area contributed by atoms with E-state index in [4.69, 9.17) is 24.7 Å². The first-order valence-electron chi connectivity index (χ1n) is 9.10. The van der Waals surface area contributed by atoms with Crippen molar-refractivity contribution in [2.24, 2.45) is 0 Å². The van der Waals surface area contributed by atoms with Crippen molar-refractivity contribution in [2.75, 3.05) is 45.4 Å². The van der Waals surface area contributed by atoms with Gasteiger partial charge in [0.2, 0.25) is 0 Å². The van der Waals surface area contributed by atoms with Gasteiger partial charge >= 0.3 is 0 Å². The second-order valence-electron chi connectivity index (χ2n) is 5.82.